The van der Waals surface area contributed by atoms with E-state index in [1.54, 1.807) is 0 Å². The van der Waals surface area contributed by atoms with Crippen LogP contribution < -0.4 is 0 Å². The van der Waals surface area contributed by atoms with Gasteiger partial charge in [0.15, 0.2) is 0 Å². The number of rotatable bonds is 2. The fraction of sp³-hybridized carbons (Fsp3) is 0.778. The fourth-order valence-electron chi connectivity index (χ4n) is 3.89. The standard InChI is InChI=1S/C18H29BO3/c1-6-14-13-20-18(10-8-7-9-11-18)15(14)12-19-21-16(2,3)17(4,5)22-19/h6,12,14H,1,7-11,13H2,2-5H3/b15-12+. The van der Waals surface area contributed by atoms with Gasteiger partial charge in [0.1, 0.15) is 0 Å². The molecular formula is C18H29BO3. The monoisotopic (exact) mass is 304 g/mol. The third-order valence-electron chi connectivity index (χ3n) is 6.00. The van der Waals surface area contributed by atoms with Crippen molar-refractivity contribution >= 4 is 7.12 Å². The highest BCUT2D eigenvalue weighted by Crippen LogP contribution is 2.47. The van der Waals surface area contributed by atoms with E-state index in [2.05, 4.69) is 40.2 Å². The van der Waals surface area contributed by atoms with Crippen molar-refractivity contribution in [3.8, 4) is 0 Å². The van der Waals surface area contributed by atoms with Gasteiger partial charge in [-0.15, -0.1) is 6.58 Å². The van der Waals surface area contributed by atoms with E-state index in [-0.39, 0.29) is 29.8 Å². The van der Waals surface area contributed by atoms with Crippen molar-refractivity contribution in [3.63, 3.8) is 0 Å². The van der Waals surface area contributed by atoms with Crippen molar-refractivity contribution in [2.75, 3.05) is 6.61 Å². The molecule has 122 valence electrons. The van der Waals surface area contributed by atoms with Gasteiger partial charge in [-0.25, -0.2) is 0 Å². The van der Waals surface area contributed by atoms with E-state index in [4.69, 9.17) is 14.0 Å². The van der Waals surface area contributed by atoms with Gasteiger partial charge in [0.25, 0.3) is 0 Å². The van der Waals surface area contributed by atoms with Gasteiger partial charge >= 0.3 is 7.12 Å². The van der Waals surface area contributed by atoms with E-state index >= 15 is 0 Å². The summed E-state index contributed by atoms with van der Waals surface area (Å²) in [5.41, 5.74) is 0.649. The predicted octanol–water partition coefficient (Wildman–Crippen LogP) is 4.08. The highest BCUT2D eigenvalue weighted by Gasteiger charge is 2.52. The largest absolute Gasteiger partial charge is 0.487 e. The van der Waals surface area contributed by atoms with Crippen molar-refractivity contribution in [2.24, 2.45) is 5.92 Å². The van der Waals surface area contributed by atoms with Gasteiger partial charge in [-0.05, 0) is 46.1 Å². The van der Waals surface area contributed by atoms with Crippen molar-refractivity contribution in [1.82, 2.24) is 0 Å². The van der Waals surface area contributed by atoms with Crippen LogP contribution in [0.2, 0.25) is 0 Å². The van der Waals surface area contributed by atoms with Gasteiger partial charge in [-0.2, -0.15) is 0 Å². The summed E-state index contributed by atoms with van der Waals surface area (Å²) in [6.07, 6.45) is 8.04. The third-order valence-corrected chi connectivity index (χ3v) is 6.00. The molecule has 0 amide bonds. The molecule has 4 heteroatoms. The Bertz CT molecular complexity index is 459. The van der Waals surface area contributed by atoms with E-state index < -0.39 is 0 Å². The first kappa shape index (κ1) is 16.3. The Morgan fingerprint density at radius 1 is 1.05 bits per heavy atom. The minimum absolute atomic E-state index is 0.0965. The summed E-state index contributed by atoms with van der Waals surface area (Å²) < 4.78 is 18.6. The molecule has 0 aromatic heterocycles. The Kier molecular flexibility index (Phi) is 4.07. The fourth-order valence-corrected chi connectivity index (χ4v) is 3.89. The van der Waals surface area contributed by atoms with E-state index in [1.165, 1.54) is 24.8 Å². The van der Waals surface area contributed by atoms with E-state index in [9.17, 15) is 0 Å². The maximum absolute atomic E-state index is 6.26. The molecular weight excluding hydrogens is 275 g/mol. The van der Waals surface area contributed by atoms with Gasteiger partial charge < -0.3 is 14.0 Å². The molecule has 0 N–H and O–H groups in total. The quantitative estimate of drug-likeness (QED) is 0.568. The van der Waals surface area contributed by atoms with Gasteiger partial charge in [0.2, 0.25) is 0 Å². The second-order valence-corrected chi connectivity index (χ2v) is 7.95. The normalized spacial score (nSPS) is 34.5. The lowest BCUT2D eigenvalue weighted by Crippen LogP contribution is -2.41. The lowest BCUT2D eigenvalue weighted by Gasteiger charge is -2.34. The van der Waals surface area contributed by atoms with Crippen molar-refractivity contribution < 1.29 is 14.0 Å². The summed E-state index contributed by atoms with van der Waals surface area (Å²) in [6.45, 7) is 13.1. The zero-order valence-electron chi connectivity index (χ0n) is 14.5. The van der Waals surface area contributed by atoms with E-state index in [1.807, 2.05) is 6.08 Å². The summed E-state index contributed by atoms with van der Waals surface area (Å²) in [6, 6.07) is 0. The molecule has 0 aromatic carbocycles. The average Bonchev–Trinajstić information content (AvgIpc) is 2.86. The Labute approximate surface area is 135 Å². The van der Waals surface area contributed by atoms with Crippen LogP contribution in [-0.4, -0.2) is 30.5 Å². The summed E-state index contributed by atoms with van der Waals surface area (Å²) in [5.74, 6) is 2.47. The molecule has 1 unspecified atom stereocenters. The molecule has 3 aliphatic rings. The molecule has 22 heavy (non-hydrogen) atoms. The summed E-state index contributed by atoms with van der Waals surface area (Å²) in [5, 5.41) is 0. The van der Waals surface area contributed by atoms with Crippen LogP contribution in [-0.2, 0) is 14.0 Å². The van der Waals surface area contributed by atoms with Crippen LogP contribution in [0, 0.1) is 5.92 Å². The molecule has 1 atom stereocenters. The minimum atomic E-state index is -0.294. The molecule has 0 aromatic rings. The molecule has 3 fully saturated rings. The molecule has 1 aliphatic carbocycles. The average molecular weight is 304 g/mol. The van der Waals surface area contributed by atoms with Crippen molar-refractivity contribution in [2.45, 2.75) is 76.6 Å². The Morgan fingerprint density at radius 2 is 1.64 bits per heavy atom. The second kappa shape index (κ2) is 5.50. The topological polar surface area (TPSA) is 27.7 Å². The van der Waals surface area contributed by atoms with Crippen LogP contribution in [0.25, 0.3) is 0 Å². The van der Waals surface area contributed by atoms with Gasteiger partial charge in [-0.3, -0.25) is 0 Å². The first-order valence-corrected chi connectivity index (χ1v) is 8.64. The first-order chi connectivity index (χ1) is 10.3. The van der Waals surface area contributed by atoms with Gasteiger partial charge in [-0.1, -0.05) is 31.3 Å². The number of hydrogen-bond donors (Lipinski definition) is 0. The van der Waals surface area contributed by atoms with Crippen LogP contribution in [0.1, 0.15) is 59.8 Å². The van der Waals surface area contributed by atoms with Gasteiger partial charge in [0, 0.05) is 5.92 Å². The SMILES string of the molecule is C=CC1COC2(CCCCC2)/C1=C/B1OC(C)(C)C(C)(C)O1. The zero-order valence-corrected chi connectivity index (χ0v) is 14.5. The van der Waals surface area contributed by atoms with Crippen LogP contribution >= 0.6 is 0 Å². The number of ether oxygens (including phenoxy) is 1. The Hall–Kier alpha value is -0.575. The molecule has 2 aliphatic heterocycles. The lowest BCUT2D eigenvalue weighted by atomic mass is 9.72. The number of hydrogen-bond acceptors (Lipinski definition) is 3. The highest BCUT2D eigenvalue weighted by atomic mass is 16.7. The molecule has 3 rings (SSSR count). The first-order valence-electron chi connectivity index (χ1n) is 8.64. The van der Waals surface area contributed by atoms with Crippen LogP contribution in [0.4, 0.5) is 0 Å². The van der Waals surface area contributed by atoms with Crippen molar-refractivity contribution in [1.29, 1.82) is 0 Å². The van der Waals surface area contributed by atoms with Gasteiger partial charge in [0.05, 0.1) is 23.4 Å². The summed E-state index contributed by atoms with van der Waals surface area (Å²) in [7, 11) is -0.289. The molecule has 3 nitrogen and oxygen atoms in total. The summed E-state index contributed by atoms with van der Waals surface area (Å²) >= 11 is 0. The molecule has 1 spiro atoms. The Morgan fingerprint density at radius 3 is 2.18 bits per heavy atom. The van der Waals surface area contributed by atoms with Crippen LogP contribution in [0.15, 0.2) is 24.2 Å². The predicted molar refractivity (Wildman–Crippen MR) is 89.6 cm³/mol. The molecule has 0 bridgehead atoms. The molecule has 2 saturated heterocycles. The van der Waals surface area contributed by atoms with E-state index in [0.717, 1.165) is 19.4 Å². The molecule has 0 radical (unpaired) electrons. The highest BCUT2D eigenvalue weighted by molar-refractivity contribution is 6.52. The second-order valence-electron chi connectivity index (χ2n) is 7.95. The summed E-state index contributed by atoms with van der Waals surface area (Å²) in [4.78, 5) is 0. The lowest BCUT2D eigenvalue weighted by molar-refractivity contribution is -0.00557. The maximum Gasteiger partial charge on any atom is 0.487 e. The maximum atomic E-state index is 6.26. The minimum Gasteiger partial charge on any atom is -0.400 e. The van der Waals surface area contributed by atoms with Crippen LogP contribution in [0.3, 0.4) is 0 Å². The van der Waals surface area contributed by atoms with Crippen molar-refractivity contribution in [3.05, 3.63) is 24.2 Å². The zero-order chi connectivity index (χ0) is 16.0. The third kappa shape index (κ3) is 2.59. The van der Waals surface area contributed by atoms with E-state index in [0.29, 0.717) is 0 Å². The van der Waals surface area contributed by atoms with Crippen LogP contribution in [0.5, 0.6) is 0 Å². The molecule has 1 saturated carbocycles. The molecule has 2 heterocycles. The smallest absolute Gasteiger partial charge is 0.400 e. The Balaban J connectivity index is 1.88.